The Kier molecular flexibility index (Phi) is 6.38. The summed E-state index contributed by atoms with van der Waals surface area (Å²) >= 11 is 6.94. The summed E-state index contributed by atoms with van der Waals surface area (Å²) in [5.41, 5.74) is 3.96. The molecule has 2 heterocycles. The molecule has 0 aliphatic carbocycles. The SMILES string of the molecule is CCN(CC)c1ccc(-c2cc(=O)oc3ccc(-c4cc5cc(Br)cc(Br)c5oc4=O)cc23)cc1. The van der Waals surface area contributed by atoms with Gasteiger partial charge in [0.15, 0.2) is 5.58 Å². The molecule has 0 amide bonds. The number of halogens is 2. The molecule has 0 atom stereocenters. The predicted octanol–water partition coefficient (Wildman–Crippen LogP) is 7.60. The summed E-state index contributed by atoms with van der Waals surface area (Å²) < 4.78 is 12.7. The van der Waals surface area contributed by atoms with Crippen molar-refractivity contribution in [2.75, 3.05) is 18.0 Å². The quantitative estimate of drug-likeness (QED) is 0.196. The highest BCUT2D eigenvalue weighted by Gasteiger charge is 2.14. The molecule has 0 aliphatic rings. The van der Waals surface area contributed by atoms with Crippen molar-refractivity contribution in [1.29, 1.82) is 0 Å². The smallest absolute Gasteiger partial charge is 0.344 e. The van der Waals surface area contributed by atoms with E-state index in [-0.39, 0.29) is 0 Å². The Bertz CT molecular complexity index is 1680. The Labute approximate surface area is 218 Å². The van der Waals surface area contributed by atoms with Gasteiger partial charge in [0.25, 0.3) is 0 Å². The molecule has 3 aromatic carbocycles. The highest BCUT2D eigenvalue weighted by molar-refractivity contribution is 9.11. The van der Waals surface area contributed by atoms with Crippen LogP contribution in [0.15, 0.2) is 94.1 Å². The average molecular weight is 595 g/mol. The van der Waals surface area contributed by atoms with Gasteiger partial charge in [-0.15, -0.1) is 0 Å². The number of benzene rings is 3. The van der Waals surface area contributed by atoms with E-state index in [1.165, 1.54) is 6.07 Å². The van der Waals surface area contributed by atoms with Crippen LogP contribution in [0.1, 0.15) is 13.8 Å². The topological polar surface area (TPSA) is 63.7 Å². The van der Waals surface area contributed by atoms with E-state index < -0.39 is 11.3 Å². The minimum absolute atomic E-state index is 0.423. The van der Waals surface area contributed by atoms with Crippen LogP contribution in [0.5, 0.6) is 0 Å². The average Bonchev–Trinajstić information content (AvgIpc) is 2.85. The van der Waals surface area contributed by atoms with E-state index in [1.54, 1.807) is 12.1 Å². The molecule has 2 aromatic heterocycles. The maximum Gasteiger partial charge on any atom is 0.344 e. The number of nitrogens with zero attached hydrogens (tertiary/aromatic N) is 1. The lowest BCUT2D eigenvalue weighted by atomic mass is 9.98. The van der Waals surface area contributed by atoms with E-state index in [4.69, 9.17) is 8.83 Å². The third kappa shape index (κ3) is 4.46. The fourth-order valence-corrected chi connectivity index (χ4v) is 5.71. The van der Waals surface area contributed by atoms with E-state index in [9.17, 15) is 9.59 Å². The van der Waals surface area contributed by atoms with Crippen molar-refractivity contribution in [1.82, 2.24) is 0 Å². The molecule has 176 valence electrons. The molecule has 0 fully saturated rings. The van der Waals surface area contributed by atoms with Gasteiger partial charge in [-0.1, -0.05) is 34.1 Å². The monoisotopic (exact) mass is 593 g/mol. The lowest BCUT2D eigenvalue weighted by Gasteiger charge is -2.21. The standard InChI is InChI=1S/C28H21Br2NO4/c1-3-31(4-2)20-8-5-16(6-9-20)21-15-26(32)34-25-10-7-17(12-23(21)25)22-13-18-11-19(29)14-24(30)27(18)35-28(22)33/h5-15H,3-4H2,1-2H3. The molecular formula is C28H21Br2NO4. The van der Waals surface area contributed by atoms with E-state index >= 15 is 0 Å². The van der Waals surface area contributed by atoms with Gasteiger partial charge >= 0.3 is 11.3 Å². The lowest BCUT2D eigenvalue weighted by Crippen LogP contribution is -2.21. The van der Waals surface area contributed by atoms with E-state index in [0.717, 1.165) is 45.1 Å². The van der Waals surface area contributed by atoms with Crippen molar-refractivity contribution in [3.05, 3.63) is 96.5 Å². The molecule has 0 aliphatic heterocycles. The van der Waals surface area contributed by atoms with E-state index in [1.807, 2.05) is 36.4 Å². The van der Waals surface area contributed by atoms with Crippen LogP contribution >= 0.6 is 31.9 Å². The summed E-state index contributed by atoms with van der Waals surface area (Å²) in [4.78, 5) is 27.5. The summed E-state index contributed by atoms with van der Waals surface area (Å²) in [7, 11) is 0. The van der Waals surface area contributed by atoms with Crippen molar-refractivity contribution < 1.29 is 8.83 Å². The van der Waals surface area contributed by atoms with Crippen LogP contribution in [-0.4, -0.2) is 13.1 Å². The summed E-state index contributed by atoms with van der Waals surface area (Å²) in [6, 6.07) is 20.5. The van der Waals surface area contributed by atoms with Crippen molar-refractivity contribution in [3.8, 4) is 22.3 Å². The van der Waals surface area contributed by atoms with E-state index in [0.29, 0.717) is 26.8 Å². The summed E-state index contributed by atoms with van der Waals surface area (Å²) in [6.45, 7) is 6.07. The van der Waals surface area contributed by atoms with Crippen molar-refractivity contribution in [3.63, 3.8) is 0 Å². The van der Waals surface area contributed by atoms with Gasteiger partial charge in [0.1, 0.15) is 5.58 Å². The third-order valence-electron chi connectivity index (χ3n) is 6.11. The maximum atomic E-state index is 12.9. The van der Waals surface area contributed by atoms with Crippen molar-refractivity contribution in [2.45, 2.75) is 13.8 Å². The first-order chi connectivity index (χ1) is 16.9. The predicted molar refractivity (Wildman–Crippen MR) is 148 cm³/mol. The van der Waals surface area contributed by atoms with Crippen LogP contribution in [0, 0.1) is 0 Å². The van der Waals surface area contributed by atoms with Crippen molar-refractivity contribution >= 4 is 59.5 Å². The number of anilines is 1. The minimum Gasteiger partial charge on any atom is -0.423 e. The van der Waals surface area contributed by atoms with Gasteiger partial charge in [-0.3, -0.25) is 0 Å². The van der Waals surface area contributed by atoms with E-state index in [2.05, 4.69) is 62.7 Å². The first-order valence-corrected chi connectivity index (χ1v) is 12.8. The molecule has 0 N–H and O–H groups in total. The zero-order valence-electron chi connectivity index (χ0n) is 19.1. The number of rotatable bonds is 5. The summed E-state index contributed by atoms with van der Waals surface area (Å²) in [5.74, 6) is 0. The molecule has 0 saturated carbocycles. The molecule has 5 aromatic rings. The molecule has 5 nitrogen and oxygen atoms in total. The van der Waals surface area contributed by atoms with Crippen LogP contribution in [0.25, 0.3) is 44.2 Å². The Hall–Kier alpha value is -3.16. The third-order valence-corrected chi connectivity index (χ3v) is 7.16. The van der Waals surface area contributed by atoms with Crippen LogP contribution in [0.4, 0.5) is 5.69 Å². The molecule has 7 heteroatoms. The molecule has 0 saturated heterocycles. The Morgan fingerprint density at radius 1 is 0.771 bits per heavy atom. The normalized spacial score (nSPS) is 11.3. The van der Waals surface area contributed by atoms with Gasteiger partial charge in [-0.25, -0.2) is 9.59 Å². The first kappa shape index (κ1) is 23.6. The first-order valence-electron chi connectivity index (χ1n) is 11.2. The van der Waals surface area contributed by atoms with Crippen LogP contribution in [0.2, 0.25) is 0 Å². The number of hydrogen-bond donors (Lipinski definition) is 0. The zero-order valence-corrected chi connectivity index (χ0v) is 22.3. The van der Waals surface area contributed by atoms with Gasteiger partial charge in [0.2, 0.25) is 0 Å². The second-order valence-corrected chi connectivity index (χ2v) is 9.93. The van der Waals surface area contributed by atoms with Gasteiger partial charge < -0.3 is 13.7 Å². The second-order valence-electron chi connectivity index (χ2n) is 8.16. The number of hydrogen-bond acceptors (Lipinski definition) is 5. The van der Waals surface area contributed by atoms with Gasteiger partial charge in [-0.05, 0) is 88.9 Å². The summed E-state index contributed by atoms with van der Waals surface area (Å²) in [6.07, 6.45) is 0. The van der Waals surface area contributed by atoms with Gasteiger partial charge in [0, 0.05) is 40.1 Å². The fraction of sp³-hybridized carbons (Fsp3) is 0.143. The molecular weight excluding hydrogens is 574 g/mol. The lowest BCUT2D eigenvalue weighted by molar-refractivity contribution is 0.560. The van der Waals surface area contributed by atoms with Crippen molar-refractivity contribution in [2.24, 2.45) is 0 Å². The largest absolute Gasteiger partial charge is 0.423 e. The molecule has 0 radical (unpaired) electrons. The molecule has 0 unspecified atom stereocenters. The minimum atomic E-state index is -0.442. The molecule has 5 rings (SSSR count). The maximum absolute atomic E-state index is 12.9. The highest BCUT2D eigenvalue weighted by atomic mass is 79.9. The van der Waals surface area contributed by atoms with Gasteiger partial charge in [0.05, 0.1) is 10.0 Å². The van der Waals surface area contributed by atoms with Gasteiger partial charge in [-0.2, -0.15) is 0 Å². The van der Waals surface area contributed by atoms with Crippen LogP contribution in [-0.2, 0) is 0 Å². The number of fused-ring (bicyclic) bond motifs is 2. The van der Waals surface area contributed by atoms with Crippen LogP contribution < -0.4 is 16.2 Å². The highest BCUT2D eigenvalue weighted by Crippen LogP contribution is 2.34. The zero-order chi connectivity index (χ0) is 24.7. The Balaban J connectivity index is 1.68. The Morgan fingerprint density at radius 3 is 2.20 bits per heavy atom. The van der Waals surface area contributed by atoms with Crippen LogP contribution in [0.3, 0.4) is 0 Å². The summed E-state index contributed by atoms with van der Waals surface area (Å²) in [5, 5.41) is 1.53. The Morgan fingerprint density at radius 2 is 1.49 bits per heavy atom. The molecule has 35 heavy (non-hydrogen) atoms. The molecule has 0 spiro atoms. The fourth-order valence-electron chi connectivity index (χ4n) is 4.37. The molecule has 0 bridgehead atoms. The second kappa shape index (κ2) is 9.47.